The summed E-state index contributed by atoms with van der Waals surface area (Å²) in [7, 11) is 0. The Morgan fingerprint density at radius 1 is 1.15 bits per heavy atom. The molecule has 3 aromatic rings. The van der Waals surface area contributed by atoms with Gasteiger partial charge in [-0.3, -0.25) is 10.1 Å². The van der Waals surface area contributed by atoms with E-state index in [0.29, 0.717) is 12.2 Å². The maximum absolute atomic E-state index is 10.5. The fourth-order valence-electron chi connectivity index (χ4n) is 1.75. The standard InChI is InChI=1S/C13H9N3O4/c17-16(18)12-7-6-10(19-12)13-14-11(15-20-13)8-9-4-2-1-3-5-9/h1-7H,8H2. The van der Waals surface area contributed by atoms with Crippen molar-refractivity contribution in [3.05, 3.63) is 64.0 Å². The highest BCUT2D eigenvalue weighted by Crippen LogP contribution is 2.24. The van der Waals surface area contributed by atoms with Crippen LogP contribution in [0.25, 0.3) is 11.7 Å². The summed E-state index contributed by atoms with van der Waals surface area (Å²) in [5.74, 6) is 0.445. The van der Waals surface area contributed by atoms with Gasteiger partial charge in [-0.25, -0.2) is 0 Å². The number of hydrogen-bond acceptors (Lipinski definition) is 6. The topological polar surface area (TPSA) is 95.2 Å². The number of rotatable bonds is 4. The van der Waals surface area contributed by atoms with Gasteiger partial charge in [0, 0.05) is 6.42 Å². The molecule has 0 atom stereocenters. The van der Waals surface area contributed by atoms with Crippen molar-refractivity contribution in [3.8, 4) is 11.7 Å². The predicted octanol–water partition coefficient (Wildman–Crippen LogP) is 2.83. The minimum absolute atomic E-state index is 0.129. The summed E-state index contributed by atoms with van der Waals surface area (Å²) in [4.78, 5) is 14.1. The van der Waals surface area contributed by atoms with Gasteiger partial charge in [0.05, 0.1) is 6.07 Å². The van der Waals surface area contributed by atoms with Crippen LogP contribution >= 0.6 is 0 Å². The molecule has 100 valence electrons. The quantitative estimate of drug-likeness (QED) is 0.534. The van der Waals surface area contributed by atoms with Crippen molar-refractivity contribution < 1.29 is 13.9 Å². The van der Waals surface area contributed by atoms with Crippen molar-refractivity contribution in [2.24, 2.45) is 0 Å². The zero-order valence-electron chi connectivity index (χ0n) is 10.2. The molecule has 0 aliphatic heterocycles. The van der Waals surface area contributed by atoms with E-state index in [1.165, 1.54) is 12.1 Å². The second-order valence-corrected chi connectivity index (χ2v) is 4.07. The van der Waals surface area contributed by atoms with Crippen molar-refractivity contribution in [3.63, 3.8) is 0 Å². The van der Waals surface area contributed by atoms with Crippen LogP contribution < -0.4 is 0 Å². The molecule has 0 saturated heterocycles. The van der Waals surface area contributed by atoms with Gasteiger partial charge >= 0.3 is 5.88 Å². The minimum atomic E-state index is -0.620. The van der Waals surface area contributed by atoms with Crippen LogP contribution in [0.4, 0.5) is 5.88 Å². The lowest BCUT2D eigenvalue weighted by molar-refractivity contribution is -0.401. The van der Waals surface area contributed by atoms with Gasteiger partial charge in [0.15, 0.2) is 11.6 Å². The number of nitro groups is 1. The van der Waals surface area contributed by atoms with Gasteiger partial charge in [-0.15, -0.1) is 0 Å². The van der Waals surface area contributed by atoms with E-state index in [-0.39, 0.29) is 17.5 Å². The van der Waals surface area contributed by atoms with E-state index in [4.69, 9.17) is 8.94 Å². The maximum atomic E-state index is 10.5. The van der Waals surface area contributed by atoms with E-state index in [1.54, 1.807) is 0 Å². The molecule has 0 unspecified atom stereocenters. The van der Waals surface area contributed by atoms with Crippen molar-refractivity contribution in [1.29, 1.82) is 0 Å². The molecule has 0 aliphatic rings. The first kappa shape index (κ1) is 12.1. The summed E-state index contributed by atoms with van der Waals surface area (Å²) in [5, 5.41) is 14.4. The molecule has 20 heavy (non-hydrogen) atoms. The molecule has 0 amide bonds. The Morgan fingerprint density at radius 3 is 2.65 bits per heavy atom. The first-order chi connectivity index (χ1) is 9.72. The molecule has 0 saturated carbocycles. The summed E-state index contributed by atoms with van der Waals surface area (Å²) in [6.45, 7) is 0. The molecule has 0 bridgehead atoms. The molecule has 2 aromatic heterocycles. The third-order valence-corrected chi connectivity index (χ3v) is 2.66. The molecule has 7 heteroatoms. The normalized spacial score (nSPS) is 10.6. The van der Waals surface area contributed by atoms with Crippen LogP contribution in [0.5, 0.6) is 0 Å². The van der Waals surface area contributed by atoms with Crippen molar-refractivity contribution in [1.82, 2.24) is 10.1 Å². The van der Waals surface area contributed by atoms with E-state index < -0.39 is 4.92 Å². The summed E-state index contributed by atoms with van der Waals surface area (Å²) in [6.07, 6.45) is 0.521. The fourth-order valence-corrected chi connectivity index (χ4v) is 1.75. The molecule has 7 nitrogen and oxygen atoms in total. The van der Waals surface area contributed by atoms with Crippen LogP contribution in [0, 0.1) is 10.1 Å². The zero-order chi connectivity index (χ0) is 13.9. The predicted molar refractivity (Wildman–Crippen MR) is 67.9 cm³/mol. The van der Waals surface area contributed by atoms with Gasteiger partial charge in [-0.05, 0) is 11.6 Å². The van der Waals surface area contributed by atoms with Gasteiger partial charge in [0.2, 0.25) is 0 Å². The Bertz CT molecular complexity index is 733. The minimum Gasteiger partial charge on any atom is -0.395 e. The monoisotopic (exact) mass is 271 g/mol. The number of furan rings is 1. The number of benzene rings is 1. The highest BCUT2D eigenvalue weighted by molar-refractivity contribution is 5.46. The van der Waals surface area contributed by atoms with Gasteiger partial charge in [-0.1, -0.05) is 35.5 Å². The molecule has 0 N–H and O–H groups in total. The van der Waals surface area contributed by atoms with Crippen LogP contribution in [0.1, 0.15) is 11.4 Å². The van der Waals surface area contributed by atoms with Crippen LogP contribution in [0.3, 0.4) is 0 Å². The maximum Gasteiger partial charge on any atom is 0.433 e. The molecule has 0 fully saturated rings. The largest absolute Gasteiger partial charge is 0.433 e. The zero-order valence-corrected chi connectivity index (χ0v) is 10.2. The van der Waals surface area contributed by atoms with E-state index in [0.717, 1.165) is 5.56 Å². The van der Waals surface area contributed by atoms with E-state index in [9.17, 15) is 10.1 Å². The number of nitrogens with zero attached hydrogens (tertiary/aromatic N) is 3. The van der Waals surface area contributed by atoms with Crippen molar-refractivity contribution in [2.45, 2.75) is 6.42 Å². The van der Waals surface area contributed by atoms with Crippen LogP contribution in [0.2, 0.25) is 0 Å². The van der Waals surface area contributed by atoms with Crippen LogP contribution in [-0.4, -0.2) is 15.1 Å². The first-order valence-corrected chi connectivity index (χ1v) is 5.83. The lowest BCUT2D eigenvalue weighted by Crippen LogP contribution is -1.89. The molecule has 1 aromatic carbocycles. The Balaban J connectivity index is 1.81. The Hall–Kier alpha value is -2.96. The summed E-state index contributed by atoms with van der Waals surface area (Å²) >= 11 is 0. The van der Waals surface area contributed by atoms with Crippen LogP contribution in [-0.2, 0) is 6.42 Å². The average Bonchev–Trinajstić information content (AvgIpc) is 3.08. The Kier molecular flexibility index (Phi) is 3.00. The van der Waals surface area contributed by atoms with E-state index in [2.05, 4.69) is 10.1 Å². The van der Waals surface area contributed by atoms with Gasteiger partial charge in [0.1, 0.15) is 4.92 Å². The fraction of sp³-hybridized carbons (Fsp3) is 0.0769. The number of hydrogen-bond donors (Lipinski definition) is 0. The number of aromatic nitrogens is 2. The second-order valence-electron chi connectivity index (χ2n) is 4.07. The summed E-state index contributed by atoms with van der Waals surface area (Å²) in [5.41, 5.74) is 1.05. The SMILES string of the molecule is O=[N+]([O-])c1ccc(-c2nc(Cc3ccccc3)no2)o1. The molecule has 0 aliphatic carbocycles. The Labute approximate surface area is 113 Å². The van der Waals surface area contributed by atoms with E-state index >= 15 is 0 Å². The van der Waals surface area contributed by atoms with Gasteiger partial charge in [0.25, 0.3) is 5.89 Å². The third kappa shape index (κ3) is 2.41. The molecular weight excluding hydrogens is 262 g/mol. The highest BCUT2D eigenvalue weighted by Gasteiger charge is 2.17. The second kappa shape index (κ2) is 4.96. The van der Waals surface area contributed by atoms with Gasteiger partial charge < -0.3 is 8.94 Å². The molecule has 3 rings (SSSR count). The molecule has 0 spiro atoms. The smallest absolute Gasteiger partial charge is 0.395 e. The van der Waals surface area contributed by atoms with Crippen molar-refractivity contribution in [2.75, 3.05) is 0 Å². The Morgan fingerprint density at radius 2 is 1.95 bits per heavy atom. The molecular formula is C13H9N3O4. The average molecular weight is 271 g/mol. The van der Waals surface area contributed by atoms with E-state index in [1.807, 2.05) is 30.3 Å². The lowest BCUT2D eigenvalue weighted by Gasteiger charge is -1.93. The summed E-state index contributed by atoms with van der Waals surface area (Å²) < 4.78 is 10.0. The third-order valence-electron chi connectivity index (χ3n) is 2.66. The first-order valence-electron chi connectivity index (χ1n) is 5.83. The molecule has 0 radical (unpaired) electrons. The lowest BCUT2D eigenvalue weighted by atomic mass is 10.1. The highest BCUT2D eigenvalue weighted by atomic mass is 16.6. The van der Waals surface area contributed by atoms with Gasteiger partial charge in [-0.2, -0.15) is 4.98 Å². The van der Waals surface area contributed by atoms with Crippen LogP contribution in [0.15, 0.2) is 51.4 Å². The molecule has 2 heterocycles. The summed E-state index contributed by atoms with van der Waals surface area (Å²) in [6, 6.07) is 12.3. The van der Waals surface area contributed by atoms with Crippen molar-refractivity contribution >= 4 is 5.88 Å².